The van der Waals surface area contributed by atoms with Crippen LogP contribution < -0.4 is 0 Å². The summed E-state index contributed by atoms with van der Waals surface area (Å²) in [5, 5.41) is 20.3. The van der Waals surface area contributed by atoms with Crippen LogP contribution in [0.1, 0.15) is 0 Å². The average Bonchev–Trinajstić information content (AvgIpc) is 2.38. The number of oxime groups is 1. The summed E-state index contributed by atoms with van der Waals surface area (Å²) in [7, 11) is 1.15. The molecule has 1 heterocycles. The summed E-state index contributed by atoms with van der Waals surface area (Å²) in [5.74, 6) is 2.24. The quantitative estimate of drug-likeness (QED) is 0.434. The molecule has 0 aromatic carbocycles. The fourth-order valence-electron chi connectivity index (χ4n) is 0.674. The molecule has 0 atom stereocenters. The van der Waals surface area contributed by atoms with E-state index in [4.69, 9.17) is 21.9 Å². The van der Waals surface area contributed by atoms with Crippen LogP contribution in [0.25, 0.3) is 0 Å². The lowest BCUT2D eigenvalue weighted by Crippen LogP contribution is -2.32. The van der Waals surface area contributed by atoms with E-state index in [1.807, 2.05) is 11.8 Å². The number of amides is 2. The highest BCUT2D eigenvalue weighted by atomic mass is 35.5. The van der Waals surface area contributed by atoms with E-state index in [1.165, 1.54) is 5.75 Å². The van der Waals surface area contributed by atoms with E-state index in [1.54, 1.807) is 11.8 Å². The van der Waals surface area contributed by atoms with Crippen molar-refractivity contribution >= 4 is 52.2 Å². The number of alkyl halides is 1. The first-order valence-corrected chi connectivity index (χ1v) is 7.17. The Hall–Kier alpha value is -0.600. The zero-order valence-corrected chi connectivity index (χ0v) is 11.5. The summed E-state index contributed by atoms with van der Waals surface area (Å²) < 4.78 is 0. The lowest BCUT2D eigenvalue weighted by Gasteiger charge is -2.08. The van der Waals surface area contributed by atoms with Crippen LogP contribution in [-0.4, -0.2) is 62.4 Å². The monoisotopic (exact) mass is 300 g/mol. The van der Waals surface area contributed by atoms with Gasteiger partial charge in [-0.1, -0.05) is 5.16 Å². The maximum Gasteiger partial charge on any atom is 0.413 e. The molecule has 0 aliphatic carbocycles. The minimum atomic E-state index is -1.29. The minimum Gasteiger partial charge on any atom is -0.465 e. The Bertz CT molecular complexity index is 293. The van der Waals surface area contributed by atoms with Gasteiger partial charge in [0.2, 0.25) is 5.91 Å². The van der Waals surface area contributed by atoms with Crippen LogP contribution in [0.4, 0.5) is 4.79 Å². The van der Waals surface area contributed by atoms with Crippen molar-refractivity contribution in [2.24, 2.45) is 5.16 Å². The van der Waals surface area contributed by atoms with E-state index in [9.17, 15) is 9.59 Å². The number of rotatable bonds is 1. The molecular weight excluding hydrogens is 288 g/mol. The fourth-order valence-corrected chi connectivity index (χ4v) is 2.91. The van der Waals surface area contributed by atoms with Gasteiger partial charge in [-0.2, -0.15) is 11.8 Å². The first kappa shape index (κ1) is 16.4. The van der Waals surface area contributed by atoms with Crippen molar-refractivity contribution in [2.45, 2.75) is 0 Å². The minimum absolute atomic E-state index is 0.303. The molecule has 2 amide bonds. The number of halogens is 1. The molecule has 0 unspecified atom stereocenters. The van der Waals surface area contributed by atoms with Crippen LogP contribution in [0.15, 0.2) is 5.16 Å². The zero-order valence-electron chi connectivity index (χ0n) is 9.13. The van der Waals surface area contributed by atoms with Crippen molar-refractivity contribution in [1.82, 2.24) is 4.90 Å². The third kappa shape index (κ3) is 7.35. The van der Waals surface area contributed by atoms with Crippen LogP contribution in [-0.2, 0) is 4.79 Å². The number of thioether (sulfide) groups is 2. The standard InChI is InChI=1S/C4H6ClNO3.C4H7NOS2/c1-6(4(8)9)3(7)2-5;6-5-4-3-7-1-2-8-4/h2H2,1H3,(H,8,9);6H,1-3H2. The van der Waals surface area contributed by atoms with Gasteiger partial charge in [0, 0.05) is 24.3 Å². The van der Waals surface area contributed by atoms with Crippen molar-refractivity contribution in [1.29, 1.82) is 0 Å². The molecule has 0 saturated carbocycles. The van der Waals surface area contributed by atoms with Crippen LogP contribution >= 0.6 is 35.1 Å². The van der Waals surface area contributed by atoms with E-state index in [0.717, 1.165) is 23.6 Å². The molecule has 1 aliphatic rings. The van der Waals surface area contributed by atoms with Gasteiger partial charge in [0.25, 0.3) is 0 Å². The van der Waals surface area contributed by atoms with Gasteiger partial charge < -0.3 is 10.3 Å². The van der Waals surface area contributed by atoms with E-state index >= 15 is 0 Å². The molecule has 2 N–H and O–H groups in total. The Kier molecular flexibility index (Phi) is 9.10. The van der Waals surface area contributed by atoms with Crippen molar-refractivity contribution < 1.29 is 19.9 Å². The Balaban J connectivity index is 0.000000302. The maximum absolute atomic E-state index is 10.4. The van der Waals surface area contributed by atoms with Crippen molar-refractivity contribution in [2.75, 3.05) is 30.2 Å². The first-order valence-electron chi connectivity index (χ1n) is 4.49. The zero-order chi connectivity index (χ0) is 13.3. The number of hydrogen-bond acceptors (Lipinski definition) is 6. The Morgan fingerprint density at radius 2 is 2.18 bits per heavy atom. The van der Waals surface area contributed by atoms with Gasteiger partial charge in [-0.05, 0) is 0 Å². The molecule has 0 radical (unpaired) electrons. The van der Waals surface area contributed by atoms with Gasteiger partial charge >= 0.3 is 6.09 Å². The average molecular weight is 301 g/mol. The third-order valence-electron chi connectivity index (χ3n) is 1.61. The van der Waals surface area contributed by atoms with E-state index < -0.39 is 12.0 Å². The lowest BCUT2D eigenvalue weighted by atomic mass is 10.6. The number of carbonyl (C=O) groups is 2. The van der Waals surface area contributed by atoms with E-state index in [2.05, 4.69) is 5.16 Å². The maximum atomic E-state index is 10.4. The summed E-state index contributed by atoms with van der Waals surface area (Å²) in [4.78, 5) is 20.8. The summed E-state index contributed by atoms with van der Waals surface area (Å²) in [6, 6.07) is 0. The highest BCUT2D eigenvalue weighted by molar-refractivity contribution is 8.18. The summed E-state index contributed by atoms with van der Waals surface area (Å²) >= 11 is 8.49. The molecule has 17 heavy (non-hydrogen) atoms. The molecule has 1 saturated heterocycles. The van der Waals surface area contributed by atoms with Crippen LogP contribution in [0.3, 0.4) is 0 Å². The van der Waals surface area contributed by atoms with Gasteiger partial charge in [-0.25, -0.2) is 9.69 Å². The number of carboxylic acid groups (broad SMARTS) is 1. The molecule has 0 aromatic heterocycles. The van der Waals surface area contributed by atoms with Crippen molar-refractivity contribution in [3.63, 3.8) is 0 Å². The summed E-state index contributed by atoms with van der Waals surface area (Å²) in [6.45, 7) is 0. The Morgan fingerprint density at radius 3 is 2.41 bits per heavy atom. The number of carbonyl (C=O) groups excluding carboxylic acids is 1. The number of hydrogen-bond donors (Lipinski definition) is 2. The summed E-state index contributed by atoms with van der Waals surface area (Å²) in [5.41, 5.74) is 0. The van der Waals surface area contributed by atoms with Crippen LogP contribution in [0.5, 0.6) is 0 Å². The van der Waals surface area contributed by atoms with Crippen LogP contribution in [0, 0.1) is 0 Å². The molecular formula is C8H13ClN2O4S2. The normalized spacial score (nSPS) is 16.9. The van der Waals surface area contributed by atoms with Gasteiger partial charge in [0.05, 0.1) is 0 Å². The molecule has 6 nitrogen and oxygen atoms in total. The fraction of sp³-hybridized carbons (Fsp3) is 0.625. The lowest BCUT2D eigenvalue weighted by molar-refractivity contribution is -0.125. The highest BCUT2D eigenvalue weighted by Crippen LogP contribution is 2.18. The van der Waals surface area contributed by atoms with Crippen molar-refractivity contribution in [3.05, 3.63) is 0 Å². The van der Waals surface area contributed by atoms with Gasteiger partial charge in [-0.15, -0.1) is 23.4 Å². The Morgan fingerprint density at radius 1 is 1.53 bits per heavy atom. The van der Waals surface area contributed by atoms with Crippen molar-refractivity contribution in [3.8, 4) is 0 Å². The molecule has 0 bridgehead atoms. The largest absolute Gasteiger partial charge is 0.465 e. The highest BCUT2D eigenvalue weighted by Gasteiger charge is 2.12. The van der Waals surface area contributed by atoms with Gasteiger partial charge in [0.15, 0.2) is 0 Å². The molecule has 0 spiro atoms. The first-order chi connectivity index (χ1) is 8.02. The topological polar surface area (TPSA) is 90.2 Å². The predicted octanol–water partition coefficient (Wildman–Crippen LogP) is 1.62. The number of imide groups is 1. The summed E-state index contributed by atoms with van der Waals surface area (Å²) in [6.07, 6.45) is -1.29. The second kappa shape index (κ2) is 9.43. The second-order valence-corrected chi connectivity index (χ2v) is 5.30. The predicted molar refractivity (Wildman–Crippen MR) is 70.5 cm³/mol. The van der Waals surface area contributed by atoms with E-state index in [-0.39, 0.29) is 5.88 Å². The molecule has 98 valence electrons. The van der Waals surface area contributed by atoms with Crippen LogP contribution in [0.2, 0.25) is 0 Å². The second-order valence-electron chi connectivity index (χ2n) is 2.76. The van der Waals surface area contributed by atoms with Gasteiger partial charge in [0.1, 0.15) is 10.9 Å². The number of nitrogens with zero attached hydrogens (tertiary/aromatic N) is 2. The third-order valence-corrected chi connectivity index (χ3v) is 4.22. The smallest absolute Gasteiger partial charge is 0.413 e. The van der Waals surface area contributed by atoms with Gasteiger partial charge in [-0.3, -0.25) is 4.79 Å². The van der Waals surface area contributed by atoms with E-state index in [0.29, 0.717) is 4.90 Å². The SMILES string of the molecule is CN(C(=O)O)C(=O)CCl.ON=C1CSCCS1. The molecule has 0 aromatic rings. The molecule has 1 rings (SSSR count). The molecule has 9 heteroatoms. The molecule has 1 fully saturated rings. The molecule has 1 aliphatic heterocycles. The Labute approximate surface area is 112 Å².